The van der Waals surface area contributed by atoms with Crippen molar-refractivity contribution in [1.29, 1.82) is 0 Å². The van der Waals surface area contributed by atoms with Crippen LogP contribution in [0.1, 0.15) is 31.1 Å². The van der Waals surface area contributed by atoms with Crippen molar-refractivity contribution in [1.82, 2.24) is 14.7 Å². The molecule has 1 fully saturated rings. The SMILES string of the molecule is COc1ccc(C(=O)N2CCN(C(=O)CN3C(=O)c4ccccc4C3=O)CC2)cc1. The van der Waals surface area contributed by atoms with Crippen LogP contribution in [-0.2, 0) is 4.79 Å². The first-order valence-electron chi connectivity index (χ1n) is 9.66. The number of methoxy groups -OCH3 is 1. The third-order valence-corrected chi connectivity index (χ3v) is 5.43. The van der Waals surface area contributed by atoms with E-state index in [-0.39, 0.29) is 18.4 Å². The van der Waals surface area contributed by atoms with E-state index in [2.05, 4.69) is 0 Å². The van der Waals surface area contributed by atoms with Crippen LogP contribution in [-0.4, -0.2) is 78.2 Å². The fourth-order valence-corrected chi connectivity index (χ4v) is 3.69. The average molecular weight is 407 g/mol. The molecule has 0 unspecified atom stereocenters. The van der Waals surface area contributed by atoms with E-state index < -0.39 is 11.8 Å². The molecule has 0 radical (unpaired) electrons. The van der Waals surface area contributed by atoms with Gasteiger partial charge < -0.3 is 14.5 Å². The molecule has 0 atom stereocenters. The summed E-state index contributed by atoms with van der Waals surface area (Å²) in [6.45, 7) is 1.18. The normalized spacial score (nSPS) is 16.0. The molecule has 2 aromatic rings. The van der Waals surface area contributed by atoms with Gasteiger partial charge in [0.15, 0.2) is 0 Å². The van der Waals surface area contributed by atoms with Crippen molar-refractivity contribution in [3.63, 3.8) is 0 Å². The van der Waals surface area contributed by atoms with E-state index in [0.717, 1.165) is 4.90 Å². The van der Waals surface area contributed by atoms with Crippen molar-refractivity contribution in [2.75, 3.05) is 39.8 Å². The fourth-order valence-electron chi connectivity index (χ4n) is 3.69. The summed E-state index contributed by atoms with van der Waals surface area (Å²) in [6.07, 6.45) is 0. The van der Waals surface area contributed by atoms with E-state index in [1.54, 1.807) is 65.4 Å². The average Bonchev–Trinajstić information content (AvgIpc) is 3.04. The van der Waals surface area contributed by atoms with E-state index in [4.69, 9.17) is 4.74 Å². The summed E-state index contributed by atoms with van der Waals surface area (Å²) in [4.78, 5) is 54.5. The molecule has 8 heteroatoms. The maximum atomic E-state index is 12.7. The number of amides is 4. The minimum absolute atomic E-state index is 0.106. The van der Waals surface area contributed by atoms with Gasteiger partial charge in [-0.3, -0.25) is 24.1 Å². The smallest absolute Gasteiger partial charge is 0.262 e. The Balaban J connectivity index is 1.34. The van der Waals surface area contributed by atoms with E-state index in [1.165, 1.54) is 0 Å². The molecule has 0 aliphatic carbocycles. The molecule has 2 aliphatic rings. The number of carbonyl (C=O) groups is 4. The molecule has 4 rings (SSSR count). The zero-order valence-electron chi connectivity index (χ0n) is 16.5. The van der Waals surface area contributed by atoms with Crippen molar-refractivity contribution in [2.24, 2.45) is 0 Å². The van der Waals surface area contributed by atoms with Crippen LogP contribution in [0, 0.1) is 0 Å². The van der Waals surface area contributed by atoms with Crippen LogP contribution in [0.4, 0.5) is 0 Å². The molecular weight excluding hydrogens is 386 g/mol. The number of rotatable bonds is 4. The number of ether oxygens (including phenoxy) is 1. The molecule has 2 aromatic carbocycles. The van der Waals surface area contributed by atoms with Gasteiger partial charge in [-0.25, -0.2) is 0 Å². The molecule has 30 heavy (non-hydrogen) atoms. The monoisotopic (exact) mass is 407 g/mol. The highest BCUT2D eigenvalue weighted by Gasteiger charge is 2.37. The van der Waals surface area contributed by atoms with E-state index >= 15 is 0 Å². The lowest BCUT2D eigenvalue weighted by Crippen LogP contribution is -2.53. The van der Waals surface area contributed by atoms with Gasteiger partial charge in [0.25, 0.3) is 17.7 Å². The highest BCUT2D eigenvalue weighted by atomic mass is 16.5. The number of fused-ring (bicyclic) bond motifs is 1. The minimum Gasteiger partial charge on any atom is -0.497 e. The second-order valence-electron chi connectivity index (χ2n) is 7.14. The molecule has 0 spiro atoms. The molecule has 2 aliphatic heterocycles. The largest absolute Gasteiger partial charge is 0.497 e. The maximum absolute atomic E-state index is 12.7. The van der Waals surface area contributed by atoms with Crippen LogP contribution in [0.2, 0.25) is 0 Å². The highest BCUT2D eigenvalue weighted by Crippen LogP contribution is 2.22. The molecular formula is C22H21N3O5. The van der Waals surface area contributed by atoms with Gasteiger partial charge in [0, 0.05) is 31.7 Å². The van der Waals surface area contributed by atoms with Gasteiger partial charge in [0.1, 0.15) is 12.3 Å². The predicted molar refractivity (Wildman–Crippen MR) is 107 cm³/mol. The van der Waals surface area contributed by atoms with E-state index in [9.17, 15) is 19.2 Å². The zero-order chi connectivity index (χ0) is 21.3. The number of piperazine rings is 1. The predicted octanol–water partition coefficient (Wildman–Crippen LogP) is 1.28. The summed E-state index contributed by atoms with van der Waals surface area (Å²) in [7, 11) is 1.56. The van der Waals surface area contributed by atoms with Crippen LogP contribution in [0.3, 0.4) is 0 Å². The Kier molecular flexibility index (Phi) is 5.22. The Hall–Kier alpha value is -3.68. The topological polar surface area (TPSA) is 87.2 Å². The minimum atomic E-state index is -0.447. The Labute approximate surface area is 173 Å². The van der Waals surface area contributed by atoms with Crippen molar-refractivity contribution in [3.05, 3.63) is 65.2 Å². The lowest BCUT2D eigenvalue weighted by atomic mass is 10.1. The third kappa shape index (κ3) is 3.52. The first-order valence-corrected chi connectivity index (χ1v) is 9.66. The van der Waals surface area contributed by atoms with Gasteiger partial charge in [0.05, 0.1) is 18.2 Å². The standard InChI is InChI=1S/C22H21N3O5/c1-30-16-8-6-15(7-9-16)20(27)24-12-10-23(11-13-24)19(26)14-25-21(28)17-4-2-3-5-18(17)22(25)29/h2-9H,10-14H2,1H3. The highest BCUT2D eigenvalue weighted by molar-refractivity contribution is 6.22. The van der Waals surface area contributed by atoms with E-state index in [1.807, 2.05) is 0 Å². The third-order valence-electron chi connectivity index (χ3n) is 5.43. The summed E-state index contributed by atoms with van der Waals surface area (Å²) in [6, 6.07) is 13.4. The molecule has 1 saturated heterocycles. The van der Waals surface area contributed by atoms with Crippen molar-refractivity contribution >= 4 is 23.6 Å². The summed E-state index contributed by atoms with van der Waals surface area (Å²) in [5.74, 6) is -0.629. The first kappa shape index (κ1) is 19.6. The van der Waals surface area contributed by atoms with Gasteiger partial charge >= 0.3 is 0 Å². The Morgan fingerprint density at radius 2 is 1.37 bits per heavy atom. The van der Waals surface area contributed by atoms with Crippen LogP contribution < -0.4 is 4.74 Å². The fraction of sp³-hybridized carbons (Fsp3) is 0.273. The second-order valence-corrected chi connectivity index (χ2v) is 7.14. The quantitative estimate of drug-likeness (QED) is 0.713. The number of benzene rings is 2. The molecule has 0 N–H and O–H groups in total. The summed E-state index contributed by atoms with van der Waals surface area (Å²) in [5.41, 5.74) is 1.21. The Morgan fingerprint density at radius 3 is 1.90 bits per heavy atom. The van der Waals surface area contributed by atoms with Gasteiger partial charge in [-0.15, -0.1) is 0 Å². The Morgan fingerprint density at radius 1 is 0.833 bits per heavy atom. The summed E-state index contributed by atoms with van der Waals surface area (Å²) in [5, 5.41) is 0. The number of carbonyl (C=O) groups excluding carboxylic acids is 4. The molecule has 8 nitrogen and oxygen atoms in total. The molecule has 154 valence electrons. The van der Waals surface area contributed by atoms with Gasteiger partial charge in [-0.05, 0) is 36.4 Å². The number of nitrogens with zero attached hydrogens (tertiary/aromatic N) is 3. The second kappa shape index (κ2) is 7.98. The van der Waals surface area contributed by atoms with Crippen LogP contribution in [0.15, 0.2) is 48.5 Å². The number of hydrogen-bond donors (Lipinski definition) is 0. The first-order chi connectivity index (χ1) is 14.5. The van der Waals surface area contributed by atoms with Crippen molar-refractivity contribution < 1.29 is 23.9 Å². The number of hydrogen-bond acceptors (Lipinski definition) is 5. The van der Waals surface area contributed by atoms with Crippen LogP contribution in [0.5, 0.6) is 5.75 Å². The lowest BCUT2D eigenvalue weighted by Gasteiger charge is -2.35. The Bertz CT molecular complexity index is 975. The van der Waals surface area contributed by atoms with Crippen LogP contribution >= 0.6 is 0 Å². The van der Waals surface area contributed by atoms with Gasteiger partial charge in [0.2, 0.25) is 5.91 Å². The van der Waals surface area contributed by atoms with Gasteiger partial charge in [-0.1, -0.05) is 12.1 Å². The summed E-state index contributed by atoms with van der Waals surface area (Å²) >= 11 is 0. The summed E-state index contributed by atoms with van der Waals surface area (Å²) < 4.78 is 5.10. The van der Waals surface area contributed by atoms with Crippen LogP contribution in [0.25, 0.3) is 0 Å². The molecule has 0 bridgehead atoms. The molecule has 0 saturated carbocycles. The maximum Gasteiger partial charge on any atom is 0.262 e. The lowest BCUT2D eigenvalue weighted by molar-refractivity contribution is -0.132. The van der Waals surface area contributed by atoms with Crippen molar-refractivity contribution in [2.45, 2.75) is 0 Å². The molecule has 2 heterocycles. The zero-order valence-corrected chi connectivity index (χ0v) is 16.5. The number of imide groups is 1. The molecule has 0 aromatic heterocycles. The molecule has 4 amide bonds. The van der Waals surface area contributed by atoms with Crippen molar-refractivity contribution in [3.8, 4) is 5.75 Å². The van der Waals surface area contributed by atoms with E-state index in [0.29, 0.717) is 48.6 Å². The van der Waals surface area contributed by atoms with Gasteiger partial charge in [-0.2, -0.15) is 0 Å².